The summed E-state index contributed by atoms with van der Waals surface area (Å²) in [5, 5.41) is 3.79. The predicted molar refractivity (Wildman–Crippen MR) is 115 cm³/mol. The molecule has 1 saturated heterocycles. The van der Waals surface area contributed by atoms with Crippen LogP contribution in [0.5, 0.6) is 0 Å². The fourth-order valence-corrected chi connectivity index (χ4v) is 5.09. The van der Waals surface area contributed by atoms with Gasteiger partial charge in [-0.15, -0.1) is 0 Å². The minimum atomic E-state index is 0.0235. The van der Waals surface area contributed by atoms with Crippen LogP contribution in [0.4, 0.5) is 0 Å². The van der Waals surface area contributed by atoms with E-state index in [1.807, 2.05) is 21.7 Å². The standard InChI is InChI=1S/C24H27N5O/c1-16-2-3-18-13-26-24(11-19(18)10-16)6-8-28(9-7-24)22(30)21-15-29-14-20(17-4-5-17)12-25-23(29)27-21/h2-3,10,12,14-15,17,26H,4-9,11,13H2,1H3. The number of piperidine rings is 1. The van der Waals surface area contributed by atoms with E-state index in [1.165, 1.54) is 35.1 Å². The summed E-state index contributed by atoms with van der Waals surface area (Å²) >= 11 is 0. The van der Waals surface area contributed by atoms with Gasteiger partial charge in [-0.25, -0.2) is 9.97 Å². The molecule has 1 aromatic carbocycles. The van der Waals surface area contributed by atoms with E-state index in [2.05, 4.69) is 46.6 Å². The Balaban J connectivity index is 1.17. The van der Waals surface area contributed by atoms with Crippen molar-refractivity contribution in [1.29, 1.82) is 0 Å². The van der Waals surface area contributed by atoms with E-state index >= 15 is 0 Å². The van der Waals surface area contributed by atoms with Crippen LogP contribution in [0.15, 0.2) is 36.8 Å². The van der Waals surface area contributed by atoms with E-state index in [1.54, 1.807) is 0 Å². The molecule has 2 aliphatic heterocycles. The molecule has 0 radical (unpaired) electrons. The minimum Gasteiger partial charge on any atom is -0.337 e. The van der Waals surface area contributed by atoms with Crippen molar-refractivity contribution in [3.05, 3.63) is 64.7 Å². The summed E-state index contributed by atoms with van der Waals surface area (Å²) in [7, 11) is 0. The number of benzene rings is 1. The third kappa shape index (κ3) is 3.10. The summed E-state index contributed by atoms with van der Waals surface area (Å²) in [4.78, 5) is 24.0. The minimum absolute atomic E-state index is 0.0235. The van der Waals surface area contributed by atoms with Crippen LogP contribution < -0.4 is 5.32 Å². The lowest BCUT2D eigenvalue weighted by atomic mass is 9.77. The van der Waals surface area contributed by atoms with E-state index in [9.17, 15) is 4.79 Å². The Morgan fingerprint density at radius 2 is 2.00 bits per heavy atom. The molecular formula is C24H27N5O. The molecule has 0 bridgehead atoms. The second-order valence-corrected chi connectivity index (χ2v) is 9.37. The van der Waals surface area contributed by atoms with Gasteiger partial charge in [-0.2, -0.15) is 0 Å². The fraction of sp³-hybridized carbons (Fsp3) is 0.458. The van der Waals surface area contributed by atoms with E-state index in [4.69, 9.17) is 0 Å². The molecule has 1 N–H and O–H groups in total. The average molecular weight is 402 g/mol. The Hall–Kier alpha value is -2.73. The first-order chi connectivity index (χ1) is 14.6. The van der Waals surface area contributed by atoms with E-state index in [-0.39, 0.29) is 11.4 Å². The topological polar surface area (TPSA) is 62.5 Å². The van der Waals surface area contributed by atoms with Gasteiger partial charge in [0.15, 0.2) is 0 Å². The number of likely N-dealkylation sites (tertiary alicyclic amines) is 1. The Labute approximate surface area is 176 Å². The van der Waals surface area contributed by atoms with E-state index in [0.29, 0.717) is 17.4 Å². The summed E-state index contributed by atoms with van der Waals surface area (Å²) in [5.41, 5.74) is 6.06. The lowest BCUT2D eigenvalue weighted by molar-refractivity contribution is 0.0626. The molecule has 1 spiro atoms. The second-order valence-electron chi connectivity index (χ2n) is 9.37. The van der Waals surface area contributed by atoms with Crippen LogP contribution in [0, 0.1) is 6.92 Å². The second kappa shape index (κ2) is 6.64. The highest BCUT2D eigenvalue weighted by Crippen LogP contribution is 2.39. The van der Waals surface area contributed by atoms with Crippen molar-refractivity contribution in [1.82, 2.24) is 24.6 Å². The van der Waals surface area contributed by atoms with Crippen LogP contribution in [0.3, 0.4) is 0 Å². The quantitative estimate of drug-likeness (QED) is 0.716. The average Bonchev–Trinajstić information content (AvgIpc) is 3.52. The Morgan fingerprint density at radius 3 is 2.80 bits per heavy atom. The molecule has 3 aromatic rings. The van der Waals surface area contributed by atoms with Gasteiger partial charge in [0.05, 0.1) is 0 Å². The highest BCUT2D eigenvalue weighted by molar-refractivity contribution is 5.92. The summed E-state index contributed by atoms with van der Waals surface area (Å²) in [6.45, 7) is 4.61. The number of carbonyl (C=O) groups excluding carboxylic acids is 1. The lowest BCUT2D eigenvalue weighted by Gasteiger charge is -2.45. The third-order valence-corrected chi connectivity index (χ3v) is 7.15. The monoisotopic (exact) mass is 401 g/mol. The van der Waals surface area contributed by atoms with Crippen molar-refractivity contribution in [2.75, 3.05) is 13.1 Å². The SMILES string of the molecule is Cc1ccc2c(c1)CC1(CCN(C(=O)c3cn4cc(C5CC5)cnc4n3)CC1)NC2. The number of nitrogens with zero attached hydrogens (tertiary/aromatic N) is 4. The first-order valence-electron chi connectivity index (χ1n) is 11.1. The molecule has 30 heavy (non-hydrogen) atoms. The molecule has 3 aliphatic rings. The number of hydrogen-bond donors (Lipinski definition) is 1. The van der Waals surface area contributed by atoms with Crippen LogP contribution in [-0.4, -0.2) is 43.8 Å². The molecule has 0 atom stereocenters. The van der Waals surface area contributed by atoms with Crippen molar-refractivity contribution in [2.24, 2.45) is 0 Å². The molecule has 1 saturated carbocycles. The maximum Gasteiger partial charge on any atom is 0.274 e. The molecule has 4 heterocycles. The highest BCUT2D eigenvalue weighted by atomic mass is 16.2. The molecule has 1 amide bonds. The van der Waals surface area contributed by atoms with Crippen LogP contribution >= 0.6 is 0 Å². The van der Waals surface area contributed by atoms with Crippen molar-refractivity contribution in [3.63, 3.8) is 0 Å². The van der Waals surface area contributed by atoms with Gasteiger partial charge in [0, 0.05) is 43.8 Å². The zero-order valence-corrected chi connectivity index (χ0v) is 17.4. The molecule has 6 heteroatoms. The lowest BCUT2D eigenvalue weighted by Crippen LogP contribution is -2.57. The van der Waals surface area contributed by atoms with Gasteiger partial charge in [0.2, 0.25) is 5.78 Å². The van der Waals surface area contributed by atoms with Gasteiger partial charge < -0.3 is 10.2 Å². The third-order valence-electron chi connectivity index (χ3n) is 7.15. The molecule has 154 valence electrons. The number of hydrogen-bond acceptors (Lipinski definition) is 4. The maximum atomic E-state index is 13.1. The number of aryl methyl sites for hydroxylation is 1. The number of imidazole rings is 1. The number of nitrogens with one attached hydrogen (secondary N) is 1. The van der Waals surface area contributed by atoms with Gasteiger partial charge in [0.1, 0.15) is 5.69 Å². The summed E-state index contributed by atoms with van der Waals surface area (Å²) in [6.07, 6.45) is 11.3. The molecule has 6 rings (SSSR count). The fourth-order valence-electron chi connectivity index (χ4n) is 5.09. The van der Waals surface area contributed by atoms with Crippen molar-refractivity contribution >= 4 is 11.7 Å². The Kier molecular flexibility index (Phi) is 4.00. The number of aromatic nitrogens is 3. The zero-order chi connectivity index (χ0) is 20.3. The molecular weight excluding hydrogens is 374 g/mol. The zero-order valence-electron chi connectivity index (χ0n) is 17.4. The largest absolute Gasteiger partial charge is 0.337 e. The van der Waals surface area contributed by atoms with Gasteiger partial charge in [-0.1, -0.05) is 23.8 Å². The van der Waals surface area contributed by atoms with Crippen molar-refractivity contribution in [2.45, 2.75) is 57.0 Å². The Bertz CT molecular complexity index is 1140. The van der Waals surface area contributed by atoms with Crippen molar-refractivity contribution in [3.8, 4) is 0 Å². The summed E-state index contributed by atoms with van der Waals surface area (Å²) < 4.78 is 1.91. The van der Waals surface area contributed by atoms with Crippen LogP contribution in [0.25, 0.3) is 5.78 Å². The van der Waals surface area contributed by atoms with Crippen LogP contribution in [0.2, 0.25) is 0 Å². The van der Waals surface area contributed by atoms with E-state index < -0.39 is 0 Å². The van der Waals surface area contributed by atoms with Crippen LogP contribution in [0.1, 0.15) is 64.3 Å². The van der Waals surface area contributed by atoms with Gasteiger partial charge >= 0.3 is 0 Å². The smallest absolute Gasteiger partial charge is 0.274 e. The van der Waals surface area contributed by atoms with Gasteiger partial charge in [0.25, 0.3) is 5.91 Å². The van der Waals surface area contributed by atoms with Crippen LogP contribution in [-0.2, 0) is 13.0 Å². The summed E-state index contributed by atoms with van der Waals surface area (Å²) in [6, 6.07) is 6.77. The molecule has 2 aromatic heterocycles. The molecule has 6 nitrogen and oxygen atoms in total. The normalized spacial score (nSPS) is 20.5. The number of carbonyl (C=O) groups is 1. The first-order valence-corrected chi connectivity index (χ1v) is 11.1. The van der Waals surface area contributed by atoms with Gasteiger partial charge in [-0.3, -0.25) is 9.20 Å². The molecule has 1 aliphatic carbocycles. The molecule has 2 fully saturated rings. The van der Waals surface area contributed by atoms with Gasteiger partial charge in [-0.05, 0) is 61.6 Å². The van der Waals surface area contributed by atoms with Crippen molar-refractivity contribution < 1.29 is 4.79 Å². The predicted octanol–water partition coefficient (Wildman–Crippen LogP) is 3.24. The first kappa shape index (κ1) is 18.1. The Morgan fingerprint density at radius 1 is 1.17 bits per heavy atom. The number of rotatable bonds is 2. The van der Waals surface area contributed by atoms with E-state index in [0.717, 1.165) is 38.9 Å². The number of fused-ring (bicyclic) bond motifs is 2. The number of amides is 1. The maximum absolute atomic E-state index is 13.1. The molecule has 0 unspecified atom stereocenters. The highest BCUT2D eigenvalue weighted by Gasteiger charge is 2.38. The summed E-state index contributed by atoms with van der Waals surface area (Å²) in [5.74, 6) is 1.27.